The Morgan fingerprint density at radius 2 is 2.36 bits per heavy atom. The van der Waals surface area contributed by atoms with E-state index < -0.39 is 0 Å². The molecule has 4 nitrogen and oxygen atoms in total. The van der Waals surface area contributed by atoms with Crippen LogP contribution in [0.2, 0.25) is 0 Å². The van der Waals surface area contributed by atoms with Gasteiger partial charge in [-0.1, -0.05) is 0 Å². The Morgan fingerprint density at radius 3 is 2.93 bits per heavy atom. The highest BCUT2D eigenvalue weighted by molar-refractivity contribution is 5.46. The van der Waals surface area contributed by atoms with E-state index in [2.05, 4.69) is 16.4 Å². The molecule has 0 aliphatic rings. The third kappa shape index (κ3) is 2.21. The van der Waals surface area contributed by atoms with E-state index in [0.717, 1.165) is 5.56 Å². The van der Waals surface area contributed by atoms with Crippen molar-refractivity contribution in [2.75, 3.05) is 13.7 Å². The molecule has 0 spiro atoms. The monoisotopic (exact) mass is 191 g/mol. The molecule has 1 rings (SSSR count). The van der Waals surface area contributed by atoms with E-state index in [9.17, 15) is 0 Å². The Balaban J connectivity index is 3.08. The Hall–Kier alpha value is -1.60. The van der Waals surface area contributed by atoms with Crippen LogP contribution in [0.5, 0.6) is 5.75 Å². The molecule has 1 heterocycles. The average Bonchev–Trinajstić information content (AvgIpc) is 2.21. The van der Waals surface area contributed by atoms with Crippen molar-refractivity contribution in [3.8, 4) is 11.8 Å². The van der Waals surface area contributed by atoms with Gasteiger partial charge in [0.1, 0.15) is 17.4 Å². The van der Waals surface area contributed by atoms with Gasteiger partial charge >= 0.3 is 0 Å². The summed E-state index contributed by atoms with van der Waals surface area (Å²) in [5.41, 5.74) is 1.40. The first-order valence-electron chi connectivity index (χ1n) is 4.47. The molecule has 0 aliphatic heterocycles. The van der Waals surface area contributed by atoms with Gasteiger partial charge in [-0.2, -0.15) is 5.26 Å². The minimum absolute atomic E-state index is 0.486. The summed E-state index contributed by atoms with van der Waals surface area (Å²) >= 11 is 0. The summed E-state index contributed by atoms with van der Waals surface area (Å²) in [5.74, 6) is 0.638. The summed E-state index contributed by atoms with van der Waals surface area (Å²) in [6.07, 6.45) is 3.23. The lowest BCUT2D eigenvalue weighted by Gasteiger charge is -2.10. The third-order valence-corrected chi connectivity index (χ3v) is 1.75. The molecule has 0 bridgehead atoms. The number of pyridine rings is 1. The van der Waals surface area contributed by atoms with Crippen molar-refractivity contribution < 1.29 is 4.74 Å². The van der Waals surface area contributed by atoms with Crippen molar-refractivity contribution >= 4 is 0 Å². The maximum absolute atomic E-state index is 8.85. The van der Waals surface area contributed by atoms with Crippen molar-refractivity contribution in [3.05, 3.63) is 23.5 Å². The molecule has 0 aliphatic carbocycles. The molecule has 0 atom stereocenters. The van der Waals surface area contributed by atoms with Crippen LogP contribution in [0.3, 0.4) is 0 Å². The topological polar surface area (TPSA) is 57.9 Å². The minimum atomic E-state index is 0.486. The van der Waals surface area contributed by atoms with Crippen molar-refractivity contribution in [2.24, 2.45) is 0 Å². The maximum atomic E-state index is 8.85. The minimum Gasteiger partial charge on any atom is -0.492 e. The Labute approximate surface area is 83.5 Å². The van der Waals surface area contributed by atoms with Crippen LogP contribution in [-0.4, -0.2) is 18.6 Å². The maximum Gasteiger partial charge on any atom is 0.144 e. The van der Waals surface area contributed by atoms with Gasteiger partial charge in [-0.05, 0) is 14.0 Å². The van der Waals surface area contributed by atoms with E-state index in [1.165, 1.54) is 6.20 Å². The number of aromatic nitrogens is 1. The summed E-state index contributed by atoms with van der Waals surface area (Å²) in [6.45, 7) is 3.10. The molecule has 0 unspecified atom stereocenters. The zero-order valence-corrected chi connectivity index (χ0v) is 8.37. The van der Waals surface area contributed by atoms with E-state index in [1.807, 2.05) is 14.0 Å². The lowest BCUT2D eigenvalue weighted by Crippen LogP contribution is -2.09. The smallest absolute Gasteiger partial charge is 0.144 e. The summed E-state index contributed by atoms with van der Waals surface area (Å²) in [4.78, 5) is 3.97. The highest BCUT2D eigenvalue weighted by Crippen LogP contribution is 2.21. The quantitative estimate of drug-likeness (QED) is 0.773. The van der Waals surface area contributed by atoms with Gasteiger partial charge < -0.3 is 10.1 Å². The number of hydrogen-bond acceptors (Lipinski definition) is 4. The van der Waals surface area contributed by atoms with Crippen LogP contribution in [0.1, 0.15) is 18.1 Å². The highest BCUT2D eigenvalue weighted by Gasteiger charge is 2.08. The van der Waals surface area contributed by atoms with Gasteiger partial charge in [0.05, 0.1) is 6.61 Å². The third-order valence-electron chi connectivity index (χ3n) is 1.75. The Bertz CT molecular complexity index is 344. The van der Waals surface area contributed by atoms with E-state index >= 15 is 0 Å². The van der Waals surface area contributed by atoms with Crippen molar-refractivity contribution in [3.63, 3.8) is 0 Å². The Morgan fingerprint density at radius 1 is 1.57 bits per heavy atom. The SMILES string of the molecule is CCOc1c(C#N)cncc1CNC. The molecule has 1 aromatic heterocycles. The zero-order chi connectivity index (χ0) is 10.4. The molecule has 0 aromatic carbocycles. The fourth-order valence-electron chi connectivity index (χ4n) is 1.20. The van der Waals surface area contributed by atoms with Gasteiger partial charge in [0.25, 0.3) is 0 Å². The van der Waals surface area contributed by atoms with Crippen molar-refractivity contribution in [2.45, 2.75) is 13.5 Å². The van der Waals surface area contributed by atoms with Gasteiger partial charge in [0, 0.05) is 24.5 Å². The first-order valence-corrected chi connectivity index (χ1v) is 4.47. The molecule has 0 saturated carbocycles. The zero-order valence-electron chi connectivity index (χ0n) is 8.37. The first kappa shape index (κ1) is 10.5. The molecule has 0 radical (unpaired) electrons. The van der Waals surface area contributed by atoms with Crippen LogP contribution in [0, 0.1) is 11.3 Å². The van der Waals surface area contributed by atoms with Crippen LogP contribution >= 0.6 is 0 Å². The molecule has 14 heavy (non-hydrogen) atoms. The predicted molar refractivity (Wildman–Crippen MR) is 52.9 cm³/mol. The second kappa shape index (κ2) is 5.20. The lowest BCUT2D eigenvalue weighted by atomic mass is 10.2. The molecule has 0 fully saturated rings. The van der Waals surface area contributed by atoms with Crippen molar-refractivity contribution in [1.82, 2.24) is 10.3 Å². The van der Waals surface area contributed by atoms with Crippen LogP contribution in [-0.2, 0) is 6.54 Å². The Kier molecular flexibility index (Phi) is 3.89. The van der Waals surface area contributed by atoms with Gasteiger partial charge in [-0.25, -0.2) is 0 Å². The largest absolute Gasteiger partial charge is 0.492 e. The molecular weight excluding hydrogens is 178 g/mol. The molecule has 1 N–H and O–H groups in total. The van der Waals surface area contributed by atoms with Gasteiger partial charge in [-0.3, -0.25) is 4.98 Å². The number of nitrogens with one attached hydrogen (secondary N) is 1. The number of nitriles is 1. The number of rotatable bonds is 4. The number of nitrogens with zero attached hydrogens (tertiary/aromatic N) is 2. The van der Waals surface area contributed by atoms with Gasteiger partial charge in [0.2, 0.25) is 0 Å². The summed E-state index contributed by atoms with van der Waals surface area (Å²) < 4.78 is 5.41. The molecule has 0 saturated heterocycles. The molecule has 1 aromatic rings. The van der Waals surface area contributed by atoms with Crippen LogP contribution < -0.4 is 10.1 Å². The summed E-state index contributed by atoms with van der Waals surface area (Å²) in [5, 5.41) is 11.9. The van der Waals surface area contributed by atoms with E-state index in [4.69, 9.17) is 10.00 Å². The van der Waals surface area contributed by atoms with Gasteiger partial charge in [0.15, 0.2) is 0 Å². The fraction of sp³-hybridized carbons (Fsp3) is 0.400. The molecule has 0 amide bonds. The average molecular weight is 191 g/mol. The molecular formula is C10H13N3O. The van der Waals surface area contributed by atoms with Crippen molar-refractivity contribution in [1.29, 1.82) is 5.26 Å². The van der Waals surface area contributed by atoms with Crippen LogP contribution in [0.15, 0.2) is 12.4 Å². The summed E-state index contributed by atoms with van der Waals surface area (Å²) in [7, 11) is 1.84. The summed E-state index contributed by atoms with van der Waals surface area (Å²) in [6, 6.07) is 2.06. The fourth-order valence-corrected chi connectivity index (χ4v) is 1.20. The highest BCUT2D eigenvalue weighted by atomic mass is 16.5. The van der Waals surface area contributed by atoms with E-state index in [0.29, 0.717) is 24.5 Å². The number of ether oxygens (including phenoxy) is 1. The molecule has 4 heteroatoms. The second-order valence-corrected chi connectivity index (χ2v) is 2.75. The molecule has 74 valence electrons. The first-order chi connectivity index (χ1) is 6.83. The lowest BCUT2D eigenvalue weighted by molar-refractivity contribution is 0.334. The van der Waals surface area contributed by atoms with Gasteiger partial charge in [-0.15, -0.1) is 0 Å². The van der Waals surface area contributed by atoms with E-state index in [1.54, 1.807) is 6.20 Å². The van der Waals surface area contributed by atoms with Crippen LogP contribution in [0.25, 0.3) is 0 Å². The second-order valence-electron chi connectivity index (χ2n) is 2.75. The normalized spacial score (nSPS) is 9.50. The standard InChI is InChI=1S/C10H13N3O/c1-3-14-10-8(4-11)6-13-7-9(10)5-12-2/h6-7,12H,3,5H2,1-2H3. The predicted octanol–water partition coefficient (Wildman–Crippen LogP) is 1.07. The van der Waals surface area contributed by atoms with Crippen LogP contribution in [0.4, 0.5) is 0 Å². The van der Waals surface area contributed by atoms with E-state index in [-0.39, 0.29) is 0 Å². The number of hydrogen-bond donors (Lipinski definition) is 1.